The molecule has 1 aromatic heterocycles. The first-order chi connectivity index (χ1) is 16.4. The number of aromatic nitrogens is 1. The average molecular weight is 482 g/mol. The Labute approximate surface area is 210 Å². The van der Waals surface area contributed by atoms with Crippen molar-refractivity contribution in [1.82, 2.24) is 14.8 Å². The normalized spacial score (nSPS) is 22.9. The number of aryl methyl sites for hydroxylation is 1. The molecule has 1 aromatic carbocycles. The van der Waals surface area contributed by atoms with Crippen LogP contribution >= 0.6 is 0 Å². The molecule has 0 bridgehead atoms. The number of carbonyl (C=O) groups is 2. The molecule has 1 aliphatic carbocycles. The summed E-state index contributed by atoms with van der Waals surface area (Å²) in [6.45, 7) is 13.7. The molecule has 1 N–H and O–H groups in total. The van der Waals surface area contributed by atoms with Gasteiger partial charge in [0.1, 0.15) is 5.60 Å². The summed E-state index contributed by atoms with van der Waals surface area (Å²) < 4.78 is 5.49. The van der Waals surface area contributed by atoms with Gasteiger partial charge in [-0.05, 0) is 88.8 Å². The first-order valence-corrected chi connectivity index (χ1v) is 13.3. The first-order valence-electron chi connectivity index (χ1n) is 13.3. The van der Waals surface area contributed by atoms with Crippen molar-refractivity contribution in [3.63, 3.8) is 0 Å². The molecule has 1 atom stereocenters. The van der Waals surface area contributed by atoms with Gasteiger partial charge in [-0.1, -0.05) is 26.0 Å². The summed E-state index contributed by atoms with van der Waals surface area (Å²) in [5.41, 5.74) is 4.56. The molecule has 6 nitrogen and oxygen atoms in total. The van der Waals surface area contributed by atoms with Gasteiger partial charge in [0.15, 0.2) is 0 Å². The molecule has 35 heavy (non-hydrogen) atoms. The highest BCUT2D eigenvalue weighted by molar-refractivity contribution is 5.87. The lowest BCUT2D eigenvalue weighted by Gasteiger charge is -2.41. The summed E-state index contributed by atoms with van der Waals surface area (Å²) in [7, 11) is 1.81. The zero-order chi connectivity index (χ0) is 25.5. The minimum Gasteiger partial charge on any atom is -0.444 e. The van der Waals surface area contributed by atoms with E-state index in [1.54, 1.807) is 4.90 Å². The molecular weight excluding hydrogens is 438 g/mol. The molecule has 0 radical (unpaired) electrons. The second-order valence-electron chi connectivity index (χ2n) is 12.1. The van der Waals surface area contributed by atoms with E-state index in [2.05, 4.69) is 48.9 Å². The molecule has 4 rings (SSSR count). The van der Waals surface area contributed by atoms with Crippen molar-refractivity contribution in [3.8, 4) is 0 Å². The third-order valence-corrected chi connectivity index (χ3v) is 7.68. The fourth-order valence-corrected chi connectivity index (χ4v) is 6.01. The third-order valence-electron chi connectivity index (χ3n) is 7.68. The Kier molecular flexibility index (Phi) is 7.21. The zero-order valence-corrected chi connectivity index (χ0v) is 22.6. The van der Waals surface area contributed by atoms with E-state index in [-0.39, 0.29) is 18.1 Å². The molecular formula is C29H43N3O3. The van der Waals surface area contributed by atoms with Crippen LogP contribution < -0.4 is 0 Å². The van der Waals surface area contributed by atoms with Crippen LogP contribution in [0.2, 0.25) is 0 Å². The Hall–Kier alpha value is -2.50. The Morgan fingerprint density at radius 1 is 1.17 bits per heavy atom. The van der Waals surface area contributed by atoms with Crippen molar-refractivity contribution < 1.29 is 14.3 Å². The largest absolute Gasteiger partial charge is 0.444 e. The van der Waals surface area contributed by atoms with Crippen LogP contribution in [0.25, 0.3) is 10.9 Å². The summed E-state index contributed by atoms with van der Waals surface area (Å²) in [5.74, 6) is 1.14. The quantitative estimate of drug-likeness (QED) is 0.563. The molecule has 2 heterocycles. The zero-order valence-electron chi connectivity index (χ0n) is 22.6. The molecule has 2 aliphatic rings. The lowest BCUT2D eigenvalue weighted by molar-refractivity contribution is -0.141. The molecule has 1 fully saturated rings. The van der Waals surface area contributed by atoms with Crippen LogP contribution in [-0.4, -0.2) is 52.5 Å². The number of rotatable bonds is 4. The number of hydrogen-bond donors (Lipinski definition) is 1. The van der Waals surface area contributed by atoms with Gasteiger partial charge in [-0.3, -0.25) is 4.79 Å². The van der Waals surface area contributed by atoms with Crippen molar-refractivity contribution in [2.24, 2.45) is 17.8 Å². The van der Waals surface area contributed by atoms with Crippen molar-refractivity contribution in [1.29, 1.82) is 0 Å². The van der Waals surface area contributed by atoms with Gasteiger partial charge >= 0.3 is 6.09 Å². The van der Waals surface area contributed by atoms with E-state index in [0.717, 1.165) is 38.6 Å². The van der Waals surface area contributed by atoms with Gasteiger partial charge in [-0.2, -0.15) is 0 Å². The fourth-order valence-electron chi connectivity index (χ4n) is 6.01. The number of ether oxygens (including phenoxy) is 1. The van der Waals surface area contributed by atoms with Gasteiger partial charge in [0, 0.05) is 42.7 Å². The molecule has 2 amide bonds. The van der Waals surface area contributed by atoms with Gasteiger partial charge < -0.3 is 19.5 Å². The van der Waals surface area contributed by atoms with Crippen LogP contribution in [0.3, 0.4) is 0 Å². The topological polar surface area (TPSA) is 65.6 Å². The number of nitrogens with zero attached hydrogens (tertiary/aromatic N) is 2. The number of amides is 2. The number of H-pyrrole nitrogens is 1. The fraction of sp³-hybridized carbons (Fsp3) is 0.655. The van der Waals surface area contributed by atoms with E-state index in [0.29, 0.717) is 24.3 Å². The SMILES string of the molecule is Cc1ccc2c3c([nH]c2c1)C(C(C)C)N(C(=O)C1CCC(CN(C)C(=O)OC(C)(C)C)CC1)CC3. The van der Waals surface area contributed by atoms with Crippen molar-refractivity contribution in [2.75, 3.05) is 20.1 Å². The predicted octanol–water partition coefficient (Wildman–Crippen LogP) is 6.23. The number of fused-ring (bicyclic) bond motifs is 3. The van der Waals surface area contributed by atoms with E-state index < -0.39 is 5.60 Å². The molecule has 1 saturated carbocycles. The highest BCUT2D eigenvalue weighted by Crippen LogP contribution is 2.41. The molecule has 1 unspecified atom stereocenters. The van der Waals surface area contributed by atoms with Gasteiger partial charge in [-0.25, -0.2) is 4.79 Å². The van der Waals surface area contributed by atoms with E-state index in [9.17, 15) is 9.59 Å². The van der Waals surface area contributed by atoms with Gasteiger partial charge in [0.05, 0.1) is 6.04 Å². The van der Waals surface area contributed by atoms with E-state index in [4.69, 9.17) is 4.74 Å². The Morgan fingerprint density at radius 2 is 1.86 bits per heavy atom. The van der Waals surface area contributed by atoms with Gasteiger partial charge in [0.2, 0.25) is 5.91 Å². The molecule has 0 saturated heterocycles. The van der Waals surface area contributed by atoms with Gasteiger partial charge in [0.25, 0.3) is 0 Å². The van der Waals surface area contributed by atoms with Crippen molar-refractivity contribution >= 4 is 22.9 Å². The van der Waals surface area contributed by atoms with Crippen LogP contribution in [0, 0.1) is 24.7 Å². The first kappa shape index (κ1) is 25.6. The standard InChI is InChI=1S/C29H43N3O3/c1-18(2)26-25-23(22-13-8-19(3)16-24(22)30-25)14-15-32(26)27(33)21-11-9-20(10-12-21)17-31(7)28(34)35-29(4,5)6/h8,13,16,18,20-21,26,30H,9-12,14-15,17H2,1-7H3. The minimum absolute atomic E-state index is 0.0764. The minimum atomic E-state index is -0.486. The second kappa shape index (κ2) is 9.87. The maximum absolute atomic E-state index is 13.8. The van der Waals surface area contributed by atoms with E-state index in [1.807, 2.05) is 27.8 Å². The number of carbonyl (C=O) groups excluding carboxylic acids is 2. The highest BCUT2D eigenvalue weighted by atomic mass is 16.6. The Balaban J connectivity index is 1.41. The Bertz CT molecular complexity index is 1070. The lowest BCUT2D eigenvalue weighted by atomic mass is 9.80. The molecule has 1 aliphatic heterocycles. The lowest BCUT2D eigenvalue weighted by Crippen LogP contribution is -2.46. The predicted molar refractivity (Wildman–Crippen MR) is 140 cm³/mol. The third kappa shape index (κ3) is 5.52. The molecule has 0 spiro atoms. The van der Waals surface area contributed by atoms with E-state index in [1.165, 1.54) is 27.7 Å². The summed E-state index contributed by atoms with van der Waals surface area (Å²) in [6, 6.07) is 6.71. The number of nitrogens with one attached hydrogen (secondary N) is 1. The maximum Gasteiger partial charge on any atom is 0.410 e. The molecule has 192 valence electrons. The van der Waals surface area contributed by atoms with Crippen LogP contribution in [0.1, 0.15) is 83.2 Å². The van der Waals surface area contributed by atoms with Crippen LogP contribution in [0.15, 0.2) is 18.2 Å². The average Bonchev–Trinajstić information content (AvgIpc) is 3.14. The van der Waals surface area contributed by atoms with Crippen molar-refractivity contribution in [2.45, 2.75) is 85.3 Å². The van der Waals surface area contributed by atoms with Gasteiger partial charge in [-0.15, -0.1) is 0 Å². The number of aromatic amines is 1. The molecule has 6 heteroatoms. The van der Waals surface area contributed by atoms with Crippen molar-refractivity contribution in [3.05, 3.63) is 35.0 Å². The van der Waals surface area contributed by atoms with E-state index >= 15 is 0 Å². The smallest absolute Gasteiger partial charge is 0.410 e. The van der Waals surface area contributed by atoms with Crippen LogP contribution in [-0.2, 0) is 16.0 Å². The maximum atomic E-state index is 13.8. The summed E-state index contributed by atoms with van der Waals surface area (Å²) >= 11 is 0. The Morgan fingerprint density at radius 3 is 2.49 bits per heavy atom. The van der Waals surface area contributed by atoms with Crippen LogP contribution in [0.5, 0.6) is 0 Å². The molecule has 2 aromatic rings. The summed E-state index contributed by atoms with van der Waals surface area (Å²) in [6.07, 6.45) is 4.37. The summed E-state index contributed by atoms with van der Waals surface area (Å²) in [4.78, 5) is 33.6. The number of hydrogen-bond acceptors (Lipinski definition) is 3. The summed E-state index contributed by atoms with van der Waals surface area (Å²) in [5, 5.41) is 1.30. The number of benzene rings is 1. The monoisotopic (exact) mass is 481 g/mol. The second-order valence-corrected chi connectivity index (χ2v) is 12.1. The van der Waals surface area contributed by atoms with Crippen LogP contribution in [0.4, 0.5) is 4.79 Å². The highest BCUT2D eigenvalue weighted by Gasteiger charge is 2.39.